The van der Waals surface area contributed by atoms with Gasteiger partial charge in [-0.2, -0.15) is 0 Å². The number of thiophene rings is 1. The molecular weight excluding hydrogens is 411 g/mol. The highest BCUT2D eigenvalue weighted by Crippen LogP contribution is 2.21. The average molecular weight is 434 g/mol. The standard InChI is InChI=1S/C21H23FN2O5S/c1-14(20-4-3-9-30-20)23-29-13-21(26)24-7-8-27-17(11-24)12-28-19-6-5-16(22)10-18(19)15(2)25/h3-6,9-10,17H,7-8,11-13H2,1-2H3/b23-14-. The maximum Gasteiger partial charge on any atom is 0.263 e. The van der Waals surface area contributed by atoms with Crippen molar-refractivity contribution < 1.29 is 28.3 Å². The summed E-state index contributed by atoms with van der Waals surface area (Å²) in [6.45, 7) is 4.27. The maximum atomic E-state index is 13.4. The van der Waals surface area contributed by atoms with Crippen LogP contribution < -0.4 is 4.74 Å². The molecule has 2 heterocycles. The second kappa shape index (κ2) is 10.3. The van der Waals surface area contributed by atoms with Crippen molar-refractivity contribution in [3.05, 3.63) is 52.0 Å². The minimum absolute atomic E-state index is 0.131. The molecular formula is C21H23FN2O5S. The number of carbonyl (C=O) groups is 2. The molecule has 1 fully saturated rings. The quantitative estimate of drug-likeness (QED) is 0.362. The van der Waals surface area contributed by atoms with Crippen molar-refractivity contribution in [2.24, 2.45) is 5.16 Å². The second-order valence-electron chi connectivity index (χ2n) is 6.77. The van der Waals surface area contributed by atoms with Gasteiger partial charge in [-0.1, -0.05) is 11.2 Å². The van der Waals surface area contributed by atoms with Crippen LogP contribution in [0.3, 0.4) is 0 Å². The summed E-state index contributed by atoms with van der Waals surface area (Å²) in [7, 11) is 0. The van der Waals surface area contributed by atoms with E-state index in [0.717, 1.165) is 10.9 Å². The Labute approximate surface area is 178 Å². The number of amides is 1. The first-order chi connectivity index (χ1) is 14.4. The Kier molecular flexibility index (Phi) is 7.53. The molecule has 1 aromatic heterocycles. The lowest BCUT2D eigenvalue weighted by atomic mass is 10.1. The van der Waals surface area contributed by atoms with Gasteiger partial charge in [-0.15, -0.1) is 11.3 Å². The molecule has 0 spiro atoms. The number of hydrogen-bond acceptors (Lipinski definition) is 7. The smallest absolute Gasteiger partial charge is 0.263 e. The number of ether oxygens (including phenoxy) is 2. The topological polar surface area (TPSA) is 77.4 Å². The Balaban J connectivity index is 1.50. The summed E-state index contributed by atoms with van der Waals surface area (Å²) in [5, 5.41) is 5.94. The largest absolute Gasteiger partial charge is 0.490 e. The Bertz CT molecular complexity index is 916. The Hall–Kier alpha value is -2.78. The highest BCUT2D eigenvalue weighted by Gasteiger charge is 2.25. The van der Waals surface area contributed by atoms with Gasteiger partial charge in [0.2, 0.25) is 0 Å². The third kappa shape index (κ3) is 5.87. The van der Waals surface area contributed by atoms with Crippen molar-refractivity contribution in [1.29, 1.82) is 0 Å². The molecule has 0 bridgehead atoms. The second-order valence-corrected chi connectivity index (χ2v) is 7.72. The van der Waals surface area contributed by atoms with Crippen LogP contribution in [0.25, 0.3) is 0 Å². The van der Waals surface area contributed by atoms with Gasteiger partial charge in [-0.25, -0.2) is 4.39 Å². The van der Waals surface area contributed by atoms with Crippen LogP contribution in [0.2, 0.25) is 0 Å². The molecule has 2 aromatic rings. The first kappa shape index (κ1) is 21.9. The minimum Gasteiger partial charge on any atom is -0.490 e. The van der Waals surface area contributed by atoms with Gasteiger partial charge in [0, 0.05) is 6.54 Å². The van der Waals surface area contributed by atoms with E-state index in [2.05, 4.69) is 5.16 Å². The Morgan fingerprint density at radius 2 is 2.17 bits per heavy atom. The van der Waals surface area contributed by atoms with Gasteiger partial charge >= 0.3 is 0 Å². The van der Waals surface area contributed by atoms with E-state index < -0.39 is 5.82 Å². The highest BCUT2D eigenvalue weighted by molar-refractivity contribution is 7.12. The fourth-order valence-corrected chi connectivity index (χ4v) is 3.61. The average Bonchev–Trinajstić information content (AvgIpc) is 3.28. The third-order valence-corrected chi connectivity index (χ3v) is 5.48. The first-order valence-corrected chi connectivity index (χ1v) is 10.3. The van der Waals surface area contributed by atoms with Gasteiger partial charge in [0.15, 0.2) is 12.4 Å². The summed E-state index contributed by atoms with van der Waals surface area (Å²) in [5.74, 6) is -0.702. The first-order valence-electron chi connectivity index (χ1n) is 9.47. The summed E-state index contributed by atoms with van der Waals surface area (Å²) in [5.41, 5.74) is 0.887. The van der Waals surface area contributed by atoms with E-state index in [0.29, 0.717) is 25.4 Å². The number of carbonyl (C=O) groups excluding carboxylic acids is 2. The van der Waals surface area contributed by atoms with Gasteiger partial charge in [-0.3, -0.25) is 9.59 Å². The lowest BCUT2D eigenvalue weighted by Gasteiger charge is -2.32. The predicted octanol–water partition coefficient (Wildman–Crippen LogP) is 3.14. The molecule has 1 atom stereocenters. The fourth-order valence-electron chi connectivity index (χ4n) is 2.94. The van der Waals surface area contributed by atoms with Crippen molar-refractivity contribution in [3.63, 3.8) is 0 Å². The number of nitrogens with zero attached hydrogens (tertiary/aromatic N) is 2. The molecule has 1 amide bonds. The lowest BCUT2D eigenvalue weighted by molar-refractivity contribution is -0.144. The SMILES string of the molecule is CC(=O)c1cc(F)ccc1OCC1CN(C(=O)CO/N=C(/C)c2cccs2)CCO1. The molecule has 1 unspecified atom stereocenters. The van der Waals surface area contributed by atoms with Crippen molar-refractivity contribution in [3.8, 4) is 5.75 Å². The molecule has 30 heavy (non-hydrogen) atoms. The zero-order valence-corrected chi connectivity index (χ0v) is 17.6. The van der Waals surface area contributed by atoms with Crippen LogP contribution in [-0.4, -0.2) is 61.3 Å². The maximum absolute atomic E-state index is 13.4. The van der Waals surface area contributed by atoms with Crippen LogP contribution in [0.4, 0.5) is 4.39 Å². The van der Waals surface area contributed by atoms with E-state index in [1.807, 2.05) is 24.4 Å². The van der Waals surface area contributed by atoms with Crippen molar-refractivity contribution in [2.45, 2.75) is 20.0 Å². The van der Waals surface area contributed by atoms with Crippen LogP contribution >= 0.6 is 11.3 Å². The molecule has 0 aliphatic carbocycles. The number of hydrogen-bond donors (Lipinski definition) is 0. The Morgan fingerprint density at radius 1 is 1.33 bits per heavy atom. The lowest BCUT2D eigenvalue weighted by Crippen LogP contribution is -2.48. The summed E-state index contributed by atoms with van der Waals surface area (Å²) in [4.78, 5) is 31.9. The number of morpholine rings is 1. The predicted molar refractivity (Wildman–Crippen MR) is 111 cm³/mol. The fraction of sp³-hybridized carbons (Fsp3) is 0.381. The van der Waals surface area contributed by atoms with Crippen LogP contribution in [0, 0.1) is 5.82 Å². The van der Waals surface area contributed by atoms with E-state index in [1.165, 1.54) is 19.1 Å². The normalized spacial score (nSPS) is 17.0. The number of oxime groups is 1. The van der Waals surface area contributed by atoms with Crippen LogP contribution in [0.15, 0.2) is 40.9 Å². The minimum atomic E-state index is -0.504. The van der Waals surface area contributed by atoms with Gasteiger partial charge in [0.1, 0.15) is 24.3 Å². The Morgan fingerprint density at radius 3 is 2.90 bits per heavy atom. The van der Waals surface area contributed by atoms with Crippen molar-refractivity contribution >= 4 is 28.7 Å². The zero-order valence-electron chi connectivity index (χ0n) is 16.8. The molecule has 1 aliphatic heterocycles. The van der Waals surface area contributed by atoms with Gasteiger partial charge in [-0.05, 0) is 43.5 Å². The molecule has 0 radical (unpaired) electrons. The number of ketones is 1. The monoisotopic (exact) mass is 434 g/mol. The third-order valence-electron chi connectivity index (χ3n) is 4.50. The number of Topliss-reactive ketones (excluding diaryl/α,β-unsaturated/α-hetero) is 1. The van der Waals surface area contributed by atoms with Crippen LogP contribution in [0.5, 0.6) is 5.75 Å². The molecule has 160 valence electrons. The van der Waals surface area contributed by atoms with Crippen molar-refractivity contribution in [2.75, 3.05) is 32.9 Å². The summed E-state index contributed by atoms with van der Waals surface area (Å²) < 4.78 is 24.7. The molecule has 0 saturated carbocycles. The number of rotatable bonds is 8. The van der Waals surface area contributed by atoms with E-state index >= 15 is 0 Å². The van der Waals surface area contributed by atoms with Gasteiger partial charge in [0.05, 0.1) is 29.3 Å². The highest BCUT2D eigenvalue weighted by atomic mass is 32.1. The molecule has 1 saturated heterocycles. The van der Waals surface area contributed by atoms with Gasteiger partial charge < -0.3 is 19.2 Å². The number of benzene rings is 1. The van der Waals surface area contributed by atoms with E-state index in [1.54, 1.807) is 16.2 Å². The summed E-state index contributed by atoms with van der Waals surface area (Å²) in [6, 6.07) is 7.64. The molecule has 1 aliphatic rings. The zero-order chi connectivity index (χ0) is 21.5. The molecule has 0 N–H and O–H groups in total. The summed E-state index contributed by atoms with van der Waals surface area (Å²) >= 11 is 1.55. The number of halogens is 1. The van der Waals surface area contributed by atoms with Crippen LogP contribution in [-0.2, 0) is 14.4 Å². The molecule has 9 heteroatoms. The van der Waals surface area contributed by atoms with E-state index in [9.17, 15) is 14.0 Å². The van der Waals surface area contributed by atoms with E-state index in [-0.39, 0.29) is 42.3 Å². The molecule has 1 aromatic carbocycles. The van der Waals surface area contributed by atoms with Crippen molar-refractivity contribution in [1.82, 2.24) is 4.90 Å². The van der Waals surface area contributed by atoms with E-state index in [4.69, 9.17) is 14.3 Å². The van der Waals surface area contributed by atoms with Crippen LogP contribution in [0.1, 0.15) is 29.1 Å². The molecule has 3 rings (SSSR count). The summed E-state index contributed by atoms with van der Waals surface area (Å²) in [6.07, 6.45) is -0.371. The molecule has 7 nitrogen and oxygen atoms in total. The van der Waals surface area contributed by atoms with Gasteiger partial charge in [0.25, 0.3) is 5.91 Å².